The molecule has 3 nitrogen and oxygen atoms in total. The summed E-state index contributed by atoms with van der Waals surface area (Å²) in [6.07, 6.45) is 1.43. The van der Waals surface area contributed by atoms with Crippen LogP contribution in [0.5, 0.6) is 0 Å². The first-order valence-corrected chi connectivity index (χ1v) is 5.56. The van der Waals surface area contributed by atoms with Gasteiger partial charge in [0, 0.05) is 5.56 Å². The molecule has 0 amide bonds. The first kappa shape index (κ1) is 10.2. The standard InChI is InChI=1S/C13H8ClN3/c14-12-8-15-17-13(16-12)11-7-3-5-9-4-1-2-6-10(9)11/h1-8H. The molecule has 0 N–H and O–H groups in total. The lowest BCUT2D eigenvalue weighted by atomic mass is 10.0. The van der Waals surface area contributed by atoms with Crippen LogP contribution in [0.1, 0.15) is 0 Å². The highest BCUT2D eigenvalue weighted by Crippen LogP contribution is 2.25. The minimum Gasteiger partial charge on any atom is -0.213 e. The van der Waals surface area contributed by atoms with Gasteiger partial charge in [-0.15, -0.1) is 5.10 Å². The van der Waals surface area contributed by atoms with Gasteiger partial charge in [-0.1, -0.05) is 54.1 Å². The molecule has 0 spiro atoms. The largest absolute Gasteiger partial charge is 0.213 e. The van der Waals surface area contributed by atoms with Crippen LogP contribution in [0.3, 0.4) is 0 Å². The van der Waals surface area contributed by atoms with E-state index in [1.165, 1.54) is 6.20 Å². The summed E-state index contributed by atoms with van der Waals surface area (Å²) in [6.45, 7) is 0. The third-order valence-electron chi connectivity index (χ3n) is 2.56. The summed E-state index contributed by atoms with van der Waals surface area (Å²) in [7, 11) is 0. The molecule has 0 atom stereocenters. The molecule has 82 valence electrons. The minimum absolute atomic E-state index is 0.350. The van der Waals surface area contributed by atoms with Crippen LogP contribution in [-0.4, -0.2) is 15.2 Å². The van der Waals surface area contributed by atoms with Gasteiger partial charge in [0.1, 0.15) is 0 Å². The molecular formula is C13H8ClN3. The van der Waals surface area contributed by atoms with Crippen LogP contribution in [0.15, 0.2) is 48.7 Å². The Balaban J connectivity index is 2.30. The molecule has 0 aliphatic rings. The minimum atomic E-state index is 0.350. The molecule has 0 aliphatic heterocycles. The monoisotopic (exact) mass is 241 g/mol. The number of benzene rings is 2. The highest BCUT2D eigenvalue weighted by molar-refractivity contribution is 6.29. The van der Waals surface area contributed by atoms with Crippen molar-refractivity contribution in [1.29, 1.82) is 0 Å². The summed E-state index contributed by atoms with van der Waals surface area (Å²) < 4.78 is 0. The number of nitrogens with zero attached hydrogens (tertiary/aromatic N) is 3. The van der Waals surface area contributed by atoms with Crippen LogP contribution < -0.4 is 0 Å². The molecule has 0 saturated carbocycles. The Labute approximate surface area is 103 Å². The van der Waals surface area contributed by atoms with Crippen molar-refractivity contribution in [2.45, 2.75) is 0 Å². The zero-order valence-corrected chi connectivity index (χ0v) is 9.59. The van der Waals surface area contributed by atoms with E-state index < -0.39 is 0 Å². The lowest BCUT2D eigenvalue weighted by Crippen LogP contribution is -1.92. The molecule has 4 heteroatoms. The average Bonchev–Trinajstić information content (AvgIpc) is 2.38. The molecular weight excluding hydrogens is 234 g/mol. The number of rotatable bonds is 1. The fourth-order valence-electron chi connectivity index (χ4n) is 1.82. The normalized spacial score (nSPS) is 10.6. The smallest absolute Gasteiger partial charge is 0.183 e. The number of halogens is 1. The van der Waals surface area contributed by atoms with Crippen molar-refractivity contribution in [1.82, 2.24) is 15.2 Å². The average molecular weight is 242 g/mol. The van der Waals surface area contributed by atoms with Crippen molar-refractivity contribution in [3.63, 3.8) is 0 Å². The van der Waals surface area contributed by atoms with Crippen molar-refractivity contribution < 1.29 is 0 Å². The molecule has 2 aromatic carbocycles. The molecule has 3 rings (SSSR count). The number of hydrogen-bond acceptors (Lipinski definition) is 3. The van der Waals surface area contributed by atoms with Gasteiger partial charge >= 0.3 is 0 Å². The lowest BCUT2D eigenvalue weighted by molar-refractivity contribution is 0.982. The van der Waals surface area contributed by atoms with E-state index in [1.54, 1.807) is 0 Å². The van der Waals surface area contributed by atoms with E-state index in [9.17, 15) is 0 Å². The quantitative estimate of drug-likeness (QED) is 0.656. The maximum absolute atomic E-state index is 5.83. The van der Waals surface area contributed by atoms with Crippen LogP contribution in [0.25, 0.3) is 22.2 Å². The topological polar surface area (TPSA) is 38.7 Å². The summed E-state index contributed by atoms with van der Waals surface area (Å²) in [4.78, 5) is 4.19. The lowest BCUT2D eigenvalue weighted by Gasteiger charge is -2.04. The van der Waals surface area contributed by atoms with Crippen LogP contribution in [-0.2, 0) is 0 Å². The van der Waals surface area contributed by atoms with Crippen molar-refractivity contribution in [3.8, 4) is 11.4 Å². The Morgan fingerprint density at radius 1 is 0.941 bits per heavy atom. The Hall–Kier alpha value is -2.00. The van der Waals surface area contributed by atoms with Crippen molar-refractivity contribution in [2.75, 3.05) is 0 Å². The fraction of sp³-hybridized carbons (Fsp3) is 0. The van der Waals surface area contributed by atoms with Gasteiger partial charge in [0.15, 0.2) is 11.0 Å². The third kappa shape index (κ3) is 1.85. The van der Waals surface area contributed by atoms with Gasteiger partial charge < -0.3 is 0 Å². The van der Waals surface area contributed by atoms with Crippen molar-refractivity contribution in [2.24, 2.45) is 0 Å². The summed E-state index contributed by atoms with van der Waals surface area (Å²) in [5.41, 5.74) is 0.943. The summed E-state index contributed by atoms with van der Waals surface area (Å²) in [5, 5.41) is 10.4. The second-order valence-corrected chi connectivity index (χ2v) is 4.02. The second-order valence-electron chi connectivity index (χ2n) is 3.63. The van der Waals surface area contributed by atoms with Crippen LogP contribution in [0, 0.1) is 0 Å². The van der Waals surface area contributed by atoms with E-state index in [2.05, 4.69) is 27.3 Å². The summed E-state index contributed by atoms with van der Waals surface area (Å²) in [5.74, 6) is 0.550. The molecule has 3 aromatic rings. The SMILES string of the molecule is Clc1cnnc(-c2cccc3ccccc23)n1. The van der Waals surface area contributed by atoms with E-state index in [1.807, 2.05) is 30.3 Å². The predicted molar refractivity (Wildman–Crippen MR) is 67.8 cm³/mol. The van der Waals surface area contributed by atoms with Crippen LogP contribution in [0.2, 0.25) is 5.15 Å². The highest BCUT2D eigenvalue weighted by Gasteiger charge is 2.06. The first-order chi connectivity index (χ1) is 8.34. The molecule has 17 heavy (non-hydrogen) atoms. The Bertz CT molecular complexity index is 677. The maximum Gasteiger partial charge on any atom is 0.183 e. The van der Waals surface area contributed by atoms with Gasteiger partial charge in [-0.25, -0.2) is 4.98 Å². The van der Waals surface area contributed by atoms with E-state index in [4.69, 9.17) is 11.6 Å². The van der Waals surface area contributed by atoms with Gasteiger partial charge in [-0.05, 0) is 10.8 Å². The molecule has 0 radical (unpaired) electrons. The summed E-state index contributed by atoms with van der Waals surface area (Å²) >= 11 is 5.83. The molecule has 0 unspecified atom stereocenters. The van der Waals surface area contributed by atoms with Gasteiger partial charge in [0.05, 0.1) is 6.20 Å². The number of hydrogen-bond donors (Lipinski definition) is 0. The van der Waals surface area contributed by atoms with E-state index in [0.29, 0.717) is 11.0 Å². The molecule has 0 fully saturated rings. The van der Waals surface area contributed by atoms with Crippen molar-refractivity contribution in [3.05, 3.63) is 53.8 Å². The van der Waals surface area contributed by atoms with Crippen LogP contribution in [0.4, 0.5) is 0 Å². The molecule has 0 saturated heterocycles. The van der Waals surface area contributed by atoms with Crippen LogP contribution >= 0.6 is 11.6 Å². The molecule has 0 bridgehead atoms. The third-order valence-corrected chi connectivity index (χ3v) is 2.74. The number of aromatic nitrogens is 3. The van der Waals surface area contributed by atoms with Gasteiger partial charge in [-0.3, -0.25) is 0 Å². The fourth-order valence-corrected chi connectivity index (χ4v) is 1.94. The first-order valence-electron chi connectivity index (χ1n) is 5.18. The molecule has 1 aromatic heterocycles. The van der Waals surface area contributed by atoms with Gasteiger partial charge in [0.2, 0.25) is 0 Å². The highest BCUT2D eigenvalue weighted by atomic mass is 35.5. The Morgan fingerprint density at radius 2 is 1.76 bits per heavy atom. The van der Waals surface area contributed by atoms with E-state index >= 15 is 0 Å². The van der Waals surface area contributed by atoms with Gasteiger partial charge in [0.25, 0.3) is 0 Å². The van der Waals surface area contributed by atoms with Gasteiger partial charge in [-0.2, -0.15) is 5.10 Å². The number of fused-ring (bicyclic) bond motifs is 1. The van der Waals surface area contributed by atoms with E-state index in [-0.39, 0.29) is 0 Å². The zero-order chi connectivity index (χ0) is 11.7. The van der Waals surface area contributed by atoms with E-state index in [0.717, 1.165) is 16.3 Å². The molecule has 1 heterocycles. The maximum atomic E-state index is 5.83. The van der Waals surface area contributed by atoms with Crippen molar-refractivity contribution >= 4 is 22.4 Å². The zero-order valence-electron chi connectivity index (χ0n) is 8.84. The molecule has 0 aliphatic carbocycles. The Kier molecular flexibility index (Phi) is 2.46. The second kappa shape index (κ2) is 4.11. The predicted octanol–water partition coefficient (Wildman–Crippen LogP) is 3.35. The Morgan fingerprint density at radius 3 is 2.65 bits per heavy atom. The summed E-state index contributed by atoms with van der Waals surface area (Å²) in [6, 6.07) is 14.1.